The van der Waals surface area contributed by atoms with Crippen LogP contribution in [0.25, 0.3) is 0 Å². The van der Waals surface area contributed by atoms with Gasteiger partial charge in [-0.2, -0.15) is 0 Å². The van der Waals surface area contributed by atoms with Gasteiger partial charge in [0.05, 0.1) is 12.2 Å². The summed E-state index contributed by atoms with van der Waals surface area (Å²) in [5.41, 5.74) is 0.572. The standard InChI is InChI=1S/C18H19F2N3O4/c1-26-16-8-7-15(23(25)21-16)14-11-22(10-9-18(14,19)20)17(24)27-12-13-5-3-2-4-6-13/h2-8,14H,9-12H2,1H3. The van der Waals surface area contributed by atoms with Crippen LogP contribution < -0.4 is 9.58 Å². The Morgan fingerprint density at radius 1 is 1.33 bits per heavy atom. The Balaban J connectivity index is 1.72. The van der Waals surface area contributed by atoms with Crippen molar-refractivity contribution in [3.8, 4) is 5.88 Å². The highest BCUT2D eigenvalue weighted by Gasteiger charge is 2.50. The summed E-state index contributed by atoms with van der Waals surface area (Å²) in [5, 5.41) is 15.6. The van der Waals surface area contributed by atoms with Gasteiger partial charge in [0.15, 0.2) is 0 Å². The van der Waals surface area contributed by atoms with Gasteiger partial charge in [0.1, 0.15) is 12.5 Å². The number of nitrogens with zero attached hydrogens (tertiary/aromatic N) is 3. The maximum Gasteiger partial charge on any atom is 0.410 e. The molecule has 27 heavy (non-hydrogen) atoms. The van der Waals surface area contributed by atoms with Gasteiger partial charge in [-0.05, 0) is 5.56 Å². The number of methoxy groups -OCH3 is 1. The molecular weight excluding hydrogens is 360 g/mol. The number of benzene rings is 1. The van der Waals surface area contributed by atoms with Crippen LogP contribution in [-0.4, -0.2) is 42.2 Å². The molecule has 2 heterocycles. The van der Waals surface area contributed by atoms with Gasteiger partial charge in [0.25, 0.3) is 11.8 Å². The number of piperidine rings is 1. The van der Waals surface area contributed by atoms with E-state index in [4.69, 9.17) is 9.47 Å². The molecule has 0 radical (unpaired) electrons. The number of carbonyl (C=O) groups is 1. The van der Waals surface area contributed by atoms with Crippen molar-refractivity contribution in [1.82, 2.24) is 10.00 Å². The average Bonchev–Trinajstić information content (AvgIpc) is 2.67. The van der Waals surface area contributed by atoms with Gasteiger partial charge in [-0.3, -0.25) is 0 Å². The Hall–Kier alpha value is -2.97. The van der Waals surface area contributed by atoms with Crippen molar-refractivity contribution in [3.63, 3.8) is 0 Å². The van der Waals surface area contributed by atoms with E-state index < -0.39 is 24.4 Å². The highest BCUT2D eigenvalue weighted by molar-refractivity contribution is 5.68. The molecule has 1 aromatic heterocycles. The van der Waals surface area contributed by atoms with Crippen LogP contribution in [0.1, 0.15) is 23.6 Å². The van der Waals surface area contributed by atoms with Gasteiger partial charge in [-0.1, -0.05) is 35.2 Å². The minimum atomic E-state index is -3.14. The first kappa shape index (κ1) is 18.8. The number of ether oxygens (including phenoxy) is 2. The molecule has 1 saturated heterocycles. The molecule has 1 aliphatic rings. The molecule has 0 saturated carbocycles. The lowest BCUT2D eigenvalue weighted by atomic mass is 9.90. The summed E-state index contributed by atoms with van der Waals surface area (Å²) < 4.78 is 38.9. The first-order chi connectivity index (χ1) is 12.9. The van der Waals surface area contributed by atoms with Gasteiger partial charge in [-0.25, -0.2) is 13.6 Å². The van der Waals surface area contributed by atoms with E-state index in [-0.39, 0.29) is 36.1 Å². The Morgan fingerprint density at radius 2 is 2.07 bits per heavy atom. The maximum atomic E-state index is 14.4. The first-order valence-electron chi connectivity index (χ1n) is 8.39. The van der Waals surface area contributed by atoms with Gasteiger partial charge in [0.2, 0.25) is 5.69 Å². The Labute approximate surface area is 154 Å². The zero-order chi connectivity index (χ0) is 19.4. The van der Waals surface area contributed by atoms with Crippen LogP contribution >= 0.6 is 0 Å². The topological polar surface area (TPSA) is 78.6 Å². The highest BCUT2D eigenvalue weighted by Crippen LogP contribution is 2.39. The van der Waals surface area contributed by atoms with E-state index in [2.05, 4.69) is 5.10 Å². The van der Waals surface area contributed by atoms with Gasteiger partial charge < -0.3 is 19.6 Å². The summed E-state index contributed by atoms with van der Waals surface area (Å²) in [5.74, 6) is -4.60. The number of rotatable bonds is 4. The summed E-state index contributed by atoms with van der Waals surface area (Å²) >= 11 is 0. The average molecular weight is 379 g/mol. The van der Waals surface area contributed by atoms with E-state index in [0.717, 1.165) is 5.56 Å². The van der Waals surface area contributed by atoms with Crippen LogP contribution in [0.15, 0.2) is 42.5 Å². The molecule has 144 valence electrons. The molecule has 9 heteroatoms. The first-order valence-corrected chi connectivity index (χ1v) is 8.39. The van der Waals surface area contributed by atoms with Crippen LogP contribution in [0, 0.1) is 5.21 Å². The van der Waals surface area contributed by atoms with Crippen LogP contribution in [0.3, 0.4) is 0 Å². The fourth-order valence-electron chi connectivity index (χ4n) is 2.95. The molecule has 1 unspecified atom stereocenters. The number of carbonyl (C=O) groups excluding carboxylic acids is 1. The SMILES string of the molecule is COc1ccc(C2CN(C(=O)OCc3ccccc3)CCC2(F)F)[n+]([O-])n1. The van der Waals surface area contributed by atoms with Gasteiger partial charge >= 0.3 is 6.09 Å². The largest absolute Gasteiger partial charge is 0.594 e. The molecule has 3 rings (SSSR count). The number of amides is 1. The second-order valence-corrected chi connectivity index (χ2v) is 6.22. The third-order valence-electron chi connectivity index (χ3n) is 4.46. The van der Waals surface area contributed by atoms with Crippen LogP contribution in [0.2, 0.25) is 0 Å². The molecule has 1 aliphatic heterocycles. The summed E-state index contributed by atoms with van der Waals surface area (Å²) in [6, 6.07) is 11.6. The van der Waals surface area contributed by atoms with Crippen molar-refractivity contribution in [2.45, 2.75) is 24.9 Å². The predicted octanol–water partition coefficient (Wildman–Crippen LogP) is 2.49. The number of hydrogen-bond acceptors (Lipinski definition) is 5. The monoisotopic (exact) mass is 379 g/mol. The minimum Gasteiger partial charge on any atom is -0.594 e. The van der Waals surface area contributed by atoms with E-state index in [1.807, 2.05) is 18.2 Å². The molecule has 0 N–H and O–H groups in total. The van der Waals surface area contributed by atoms with Crippen LogP contribution in [0.4, 0.5) is 13.6 Å². The third-order valence-corrected chi connectivity index (χ3v) is 4.46. The number of likely N-dealkylation sites (tertiary alicyclic amines) is 1. The fraction of sp³-hybridized carbons (Fsp3) is 0.389. The molecule has 1 amide bonds. The molecule has 0 spiro atoms. The van der Waals surface area contributed by atoms with Crippen molar-refractivity contribution in [3.05, 3.63) is 58.9 Å². The smallest absolute Gasteiger partial charge is 0.410 e. The molecule has 1 atom stereocenters. The molecule has 1 aromatic carbocycles. The third kappa shape index (κ3) is 4.24. The summed E-state index contributed by atoms with van der Waals surface area (Å²) in [7, 11) is 1.32. The number of aromatic nitrogens is 2. The molecule has 0 aliphatic carbocycles. The van der Waals surface area contributed by atoms with Crippen molar-refractivity contribution in [2.75, 3.05) is 20.2 Å². The lowest BCUT2D eigenvalue weighted by molar-refractivity contribution is -0.680. The normalized spacial score (nSPS) is 18.8. The Bertz CT molecular complexity index is 804. The zero-order valence-electron chi connectivity index (χ0n) is 14.7. The molecule has 7 nitrogen and oxygen atoms in total. The van der Waals surface area contributed by atoms with E-state index in [9.17, 15) is 18.8 Å². The number of alkyl halides is 2. The van der Waals surface area contributed by atoms with Crippen molar-refractivity contribution in [2.24, 2.45) is 0 Å². The maximum absolute atomic E-state index is 14.4. The minimum absolute atomic E-state index is 0.0204. The van der Waals surface area contributed by atoms with Crippen molar-refractivity contribution >= 4 is 6.09 Å². The van der Waals surface area contributed by atoms with Crippen LogP contribution in [-0.2, 0) is 11.3 Å². The van der Waals surface area contributed by atoms with E-state index in [0.29, 0.717) is 0 Å². The number of halogens is 2. The number of hydrogen-bond donors (Lipinski definition) is 0. The Morgan fingerprint density at radius 3 is 2.74 bits per heavy atom. The zero-order valence-corrected chi connectivity index (χ0v) is 14.7. The molecule has 0 bridgehead atoms. The predicted molar refractivity (Wildman–Crippen MR) is 90.3 cm³/mol. The van der Waals surface area contributed by atoms with E-state index in [1.54, 1.807) is 12.1 Å². The van der Waals surface area contributed by atoms with E-state index in [1.165, 1.54) is 24.1 Å². The van der Waals surface area contributed by atoms with Gasteiger partial charge in [-0.15, -0.1) is 0 Å². The second-order valence-electron chi connectivity index (χ2n) is 6.22. The highest BCUT2D eigenvalue weighted by atomic mass is 19.3. The quantitative estimate of drug-likeness (QED) is 0.602. The molecular formula is C18H19F2N3O4. The molecule has 1 fully saturated rings. The van der Waals surface area contributed by atoms with E-state index >= 15 is 0 Å². The summed E-state index contributed by atoms with van der Waals surface area (Å²) in [6.45, 7) is -0.445. The summed E-state index contributed by atoms with van der Waals surface area (Å²) in [4.78, 5) is 13.6. The fourth-order valence-corrected chi connectivity index (χ4v) is 2.95. The Kier molecular flexibility index (Phi) is 5.38. The lowest BCUT2D eigenvalue weighted by Gasteiger charge is -2.36. The lowest BCUT2D eigenvalue weighted by Crippen LogP contribution is -2.52. The van der Waals surface area contributed by atoms with Gasteiger partial charge in [0, 0.05) is 31.6 Å². The summed E-state index contributed by atoms with van der Waals surface area (Å²) in [6.07, 6.45) is -1.26. The van der Waals surface area contributed by atoms with Crippen molar-refractivity contribution < 1.29 is 27.9 Å². The van der Waals surface area contributed by atoms with Crippen LogP contribution in [0.5, 0.6) is 5.88 Å². The second kappa shape index (κ2) is 7.73. The molecule has 2 aromatic rings. The van der Waals surface area contributed by atoms with Crippen molar-refractivity contribution in [1.29, 1.82) is 0 Å².